The molecule has 0 saturated heterocycles. The predicted molar refractivity (Wildman–Crippen MR) is 58.0 cm³/mol. The van der Waals surface area contributed by atoms with Gasteiger partial charge in [-0.2, -0.15) is 5.10 Å². The number of carbonyl (C=O) groups is 1. The summed E-state index contributed by atoms with van der Waals surface area (Å²) in [5, 5.41) is 4.24. The van der Waals surface area contributed by atoms with Crippen LogP contribution in [0.4, 0.5) is 10.1 Å². The number of halogens is 1. The average Bonchev–Trinajstić information content (AvgIpc) is 2.20. The molecule has 1 aromatic carbocycles. The zero-order valence-electron chi connectivity index (χ0n) is 7.66. The molecule has 1 heterocycles. The number of benzene rings is 1. The molecule has 1 aromatic rings. The molecule has 6 heteroatoms. The molecule has 1 aliphatic rings. The first-order valence-electron chi connectivity index (χ1n) is 4.21. The molecule has 0 unspecified atom stereocenters. The van der Waals surface area contributed by atoms with Crippen molar-refractivity contribution in [3.05, 3.63) is 29.6 Å². The molecule has 78 valence electrons. The molecule has 0 aliphatic carbocycles. The van der Waals surface area contributed by atoms with Gasteiger partial charge in [-0.3, -0.25) is 4.79 Å². The van der Waals surface area contributed by atoms with Gasteiger partial charge in [0.1, 0.15) is 10.9 Å². The Kier molecular flexibility index (Phi) is 2.59. The first-order chi connectivity index (χ1) is 7.16. The highest BCUT2D eigenvalue weighted by Crippen LogP contribution is 2.20. The van der Waals surface area contributed by atoms with Gasteiger partial charge in [0.2, 0.25) is 0 Å². The number of amides is 1. The molecule has 4 nitrogen and oxygen atoms in total. The normalized spacial score (nSPS) is 15.8. The molecule has 1 amide bonds. The highest BCUT2D eigenvalue weighted by atomic mass is 32.2. The first kappa shape index (κ1) is 9.97. The highest BCUT2D eigenvalue weighted by molar-refractivity contribution is 8.15. The second kappa shape index (κ2) is 3.90. The van der Waals surface area contributed by atoms with E-state index in [0.29, 0.717) is 16.3 Å². The van der Waals surface area contributed by atoms with Gasteiger partial charge in [-0.1, -0.05) is 11.8 Å². The molecule has 0 radical (unpaired) electrons. The van der Waals surface area contributed by atoms with E-state index in [1.54, 1.807) is 12.1 Å². The third-order valence-electron chi connectivity index (χ3n) is 1.85. The number of carbonyl (C=O) groups excluding carboxylic acids is 1. The second-order valence-corrected chi connectivity index (χ2v) is 3.94. The van der Waals surface area contributed by atoms with E-state index in [1.165, 1.54) is 17.8 Å². The molecule has 0 fully saturated rings. The molecule has 2 rings (SSSR count). The van der Waals surface area contributed by atoms with Crippen LogP contribution < -0.4 is 11.2 Å². The van der Waals surface area contributed by atoms with Crippen molar-refractivity contribution in [1.29, 1.82) is 0 Å². The second-order valence-electron chi connectivity index (χ2n) is 2.98. The number of hydrazone groups is 1. The van der Waals surface area contributed by atoms with Gasteiger partial charge in [-0.05, 0) is 18.2 Å². The van der Waals surface area contributed by atoms with Crippen molar-refractivity contribution in [2.75, 3.05) is 11.5 Å². The molecule has 0 atom stereocenters. The maximum atomic E-state index is 13.4. The summed E-state index contributed by atoms with van der Waals surface area (Å²) in [7, 11) is 0. The number of nitrogens with one attached hydrogen (secondary N) is 1. The molecular weight excluding hydrogens is 217 g/mol. The Bertz CT molecular complexity index is 447. The molecular formula is C9H8FN3OS. The van der Waals surface area contributed by atoms with E-state index in [2.05, 4.69) is 10.5 Å². The minimum atomic E-state index is -0.433. The molecule has 0 saturated carbocycles. The van der Waals surface area contributed by atoms with E-state index in [1.807, 2.05) is 0 Å². The van der Waals surface area contributed by atoms with Crippen molar-refractivity contribution >= 4 is 28.4 Å². The van der Waals surface area contributed by atoms with Gasteiger partial charge >= 0.3 is 0 Å². The summed E-state index contributed by atoms with van der Waals surface area (Å²) in [6.45, 7) is 0. The fourth-order valence-corrected chi connectivity index (χ4v) is 1.92. The minimum Gasteiger partial charge on any atom is -0.399 e. The molecule has 0 spiro atoms. The Morgan fingerprint density at radius 2 is 2.33 bits per heavy atom. The van der Waals surface area contributed by atoms with Crippen molar-refractivity contribution in [2.24, 2.45) is 5.10 Å². The SMILES string of the molecule is Nc1ccc(C2=NNC(=O)CS2)c(F)c1. The lowest BCUT2D eigenvalue weighted by atomic mass is 10.2. The van der Waals surface area contributed by atoms with Crippen LogP contribution in [-0.2, 0) is 4.79 Å². The van der Waals surface area contributed by atoms with Gasteiger partial charge in [0.25, 0.3) is 5.91 Å². The zero-order valence-corrected chi connectivity index (χ0v) is 8.47. The Labute approximate surface area is 89.7 Å². The van der Waals surface area contributed by atoms with E-state index in [0.717, 1.165) is 0 Å². The fourth-order valence-electron chi connectivity index (χ4n) is 1.15. The molecule has 1 aliphatic heterocycles. The molecule has 0 bridgehead atoms. The van der Waals surface area contributed by atoms with Crippen LogP contribution in [0.3, 0.4) is 0 Å². The van der Waals surface area contributed by atoms with Gasteiger partial charge < -0.3 is 5.73 Å². The van der Waals surface area contributed by atoms with E-state index in [4.69, 9.17) is 5.73 Å². The lowest BCUT2D eigenvalue weighted by Crippen LogP contribution is -2.26. The standard InChI is InChI=1S/C9H8FN3OS/c10-7-3-5(11)1-2-6(7)9-13-12-8(14)4-15-9/h1-3H,4,11H2,(H,12,14). The van der Waals surface area contributed by atoms with E-state index in [-0.39, 0.29) is 11.7 Å². The largest absolute Gasteiger partial charge is 0.399 e. The zero-order chi connectivity index (χ0) is 10.8. The van der Waals surface area contributed by atoms with E-state index < -0.39 is 5.82 Å². The average molecular weight is 225 g/mol. The monoisotopic (exact) mass is 225 g/mol. The fraction of sp³-hybridized carbons (Fsp3) is 0.111. The van der Waals surface area contributed by atoms with Crippen LogP contribution in [-0.4, -0.2) is 16.7 Å². The molecule has 3 N–H and O–H groups in total. The number of nitrogens with two attached hydrogens (primary N) is 1. The number of nitrogen functional groups attached to an aromatic ring is 1. The van der Waals surface area contributed by atoms with Gasteiger partial charge in [-0.15, -0.1) is 0 Å². The smallest absolute Gasteiger partial charge is 0.250 e. The minimum absolute atomic E-state index is 0.181. The molecule has 15 heavy (non-hydrogen) atoms. The quantitative estimate of drug-likeness (QED) is 0.699. The van der Waals surface area contributed by atoms with Crippen LogP contribution in [0.15, 0.2) is 23.3 Å². The third kappa shape index (κ3) is 2.10. The highest BCUT2D eigenvalue weighted by Gasteiger charge is 2.16. The van der Waals surface area contributed by atoms with Crippen LogP contribution in [0.5, 0.6) is 0 Å². The summed E-state index contributed by atoms with van der Waals surface area (Å²) in [6, 6.07) is 4.38. The van der Waals surface area contributed by atoms with Crippen molar-refractivity contribution < 1.29 is 9.18 Å². The summed E-state index contributed by atoms with van der Waals surface area (Å²) in [5.41, 5.74) is 8.44. The number of anilines is 1. The van der Waals surface area contributed by atoms with Crippen LogP contribution in [0.1, 0.15) is 5.56 Å². The predicted octanol–water partition coefficient (Wildman–Crippen LogP) is 0.932. The van der Waals surface area contributed by atoms with Gasteiger partial charge in [0.15, 0.2) is 0 Å². The topological polar surface area (TPSA) is 67.5 Å². The summed E-state index contributed by atoms with van der Waals surface area (Å²) in [6.07, 6.45) is 0. The Hall–Kier alpha value is -1.56. The van der Waals surface area contributed by atoms with E-state index in [9.17, 15) is 9.18 Å². The van der Waals surface area contributed by atoms with Gasteiger partial charge in [-0.25, -0.2) is 9.82 Å². The Balaban J connectivity index is 2.34. The van der Waals surface area contributed by atoms with Crippen LogP contribution in [0.2, 0.25) is 0 Å². The van der Waals surface area contributed by atoms with Crippen LogP contribution in [0.25, 0.3) is 0 Å². The van der Waals surface area contributed by atoms with Crippen molar-refractivity contribution in [2.45, 2.75) is 0 Å². The lowest BCUT2D eigenvalue weighted by Gasteiger charge is -2.12. The van der Waals surface area contributed by atoms with Crippen molar-refractivity contribution in [3.8, 4) is 0 Å². The van der Waals surface area contributed by atoms with Gasteiger partial charge in [0, 0.05) is 11.3 Å². The summed E-state index contributed by atoms with van der Waals surface area (Å²) < 4.78 is 13.4. The maximum Gasteiger partial charge on any atom is 0.250 e. The van der Waals surface area contributed by atoms with E-state index >= 15 is 0 Å². The van der Waals surface area contributed by atoms with Crippen LogP contribution >= 0.6 is 11.8 Å². The summed E-state index contributed by atoms with van der Waals surface area (Å²) >= 11 is 1.20. The van der Waals surface area contributed by atoms with Gasteiger partial charge in [0.05, 0.1) is 5.75 Å². The van der Waals surface area contributed by atoms with Crippen LogP contribution in [0, 0.1) is 5.82 Å². The Morgan fingerprint density at radius 3 is 2.93 bits per heavy atom. The molecule has 0 aromatic heterocycles. The Morgan fingerprint density at radius 1 is 1.53 bits per heavy atom. The number of hydrogen-bond acceptors (Lipinski definition) is 4. The number of rotatable bonds is 1. The van der Waals surface area contributed by atoms with Crippen molar-refractivity contribution in [3.63, 3.8) is 0 Å². The maximum absolute atomic E-state index is 13.4. The summed E-state index contributed by atoms with van der Waals surface area (Å²) in [4.78, 5) is 10.8. The third-order valence-corrected chi connectivity index (χ3v) is 2.84. The first-order valence-corrected chi connectivity index (χ1v) is 5.20. The number of nitrogens with zero attached hydrogens (tertiary/aromatic N) is 1. The number of hydrogen-bond donors (Lipinski definition) is 2. The summed E-state index contributed by atoms with van der Waals surface area (Å²) in [5.74, 6) is -0.361. The number of thioether (sulfide) groups is 1. The lowest BCUT2D eigenvalue weighted by molar-refractivity contribution is -0.118. The van der Waals surface area contributed by atoms with Crippen molar-refractivity contribution in [1.82, 2.24) is 5.43 Å².